The molecule has 1 aromatic carbocycles. The molecular weight excluding hydrogens is 390 g/mol. The maximum absolute atomic E-state index is 3.99. The SMILES string of the molecule is Brc1ccc(Cn2nnc(Br)c2Br)cc1. The largest absolute Gasteiger partial charge is 0.233 e. The van der Waals surface area contributed by atoms with E-state index in [0.29, 0.717) is 6.54 Å². The van der Waals surface area contributed by atoms with Gasteiger partial charge in [0.05, 0.1) is 6.54 Å². The molecule has 2 rings (SSSR count). The first-order chi connectivity index (χ1) is 7.16. The third-order valence-corrected chi connectivity index (χ3v) is 4.26. The lowest BCUT2D eigenvalue weighted by molar-refractivity contribution is 0.638. The van der Waals surface area contributed by atoms with Crippen molar-refractivity contribution in [2.45, 2.75) is 6.54 Å². The van der Waals surface area contributed by atoms with Gasteiger partial charge in [-0.25, -0.2) is 4.68 Å². The maximum atomic E-state index is 3.99. The van der Waals surface area contributed by atoms with Crippen molar-refractivity contribution in [2.24, 2.45) is 0 Å². The Hall–Kier alpha value is -0.200. The lowest BCUT2D eigenvalue weighted by atomic mass is 10.2. The van der Waals surface area contributed by atoms with E-state index in [1.54, 1.807) is 4.68 Å². The second-order valence-corrected chi connectivity index (χ2v) is 5.37. The molecule has 0 saturated carbocycles. The minimum Gasteiger partial charge on any atom is -0.233 e. The molecule has 0 spiro atoms. The van der Waals surface area contributed by atoms with Crippen LogP contribution in [0.15, 0.2) is 37.9 Å². The average molecular weight is 396 g/mol. The maximum Gasteiger partial charge on any atom is 0.162 e. The molecule has 0 aliphatic heterocycles. The number of rotatable bonds is 2. The van der Waals surface area contributed by atoms with Crippen LogP contribution in [0.2, 0.25) is 0 Å². The van der Waals surface area contributed by atoms with Crippen molar-refractivity contribution in [1.82, 2.24) is 15.0 Å². The number of aromatic nitrogens is 3. The predicted octanol–water partition coefficient (Wildman–Crippen LogP) is 3.61. The molecule has 0 atom stereocenters. The lowest BCUT2D eigenvalue weighted by Crippen LogP contribution is -2.01. The van der Waals surface area contributed by atoms with Gasteiger partial charge in [-0.05, 0) is 49.6 Å². The molecule has 0 aliphatic carbocycles. The highest BCUT2D eigenvalue weighted by molar-refractivity contribution is 9.13. The average Bonchev–Trinajstić information content (AvgIpc) is 2.53. The van der Waals surface area contributed by atoms with Gasteiger partial charge in [-0.3, -0.25) is 0 Å². The summed E-state index contributed by atoms with van der Waals surface area (Å²) in [6.45, 7) is 0.701. The third-order valence-electron chi connectivity index (χ3n) is 1.88. The Labute approximate surface area is 112 Å². The van der Waals surface area contributed by atoms with Crippen LogP contribution in [0, 0.1) is 0 Å². The van der Waals surface area contributed by atoms with Gasteiger partial charge < -0.3 is 0 Å². The number of hydrogen-bond acceptors (Lipinski definition) is 2. The van der Waals surface area contributed by atoms with E-state index in [-0.39, 0.29) is 0 Å². The van der Waals surface area contributed by atoms with Crippen molar-refractivity contribution in [3.63, 3.8) is 0 Å². The lowest BCUT2D eigenvalue weighted by Gasteiger charge is -2.02. The van der Waals surface area contributed by atoms with Gasteiger partial charge in [0.2, 0.25) is 0 Å². The predicted molar refractivity (Wildman–Crippen MR) is 68.7 cm³/mol. The van der Waals surface area contributed by atoms with E-state index in [9.17, 15) is 0 Å². The fourth-order valence-electron chi connectivity index (χ4n) is 1.14. The molecule has 3 nitrogen and oxygen atoms in total. The molecule has 6 heteroatoms. The van der Waals surface area contributed by atoms with E-state index in [4.69, 9.17) is 0 Å². The summed E-state index contributed by atoms with van der Waals surface area (Å²) >= 11 is 10.1. The van der Waals surface area contributed by atoms with Crippen LogP contribution in [0.5, 0.6) is 0 Å². The molecule has 1 aromatic heterocycles. The van der Waals surface area contributed by atoms with Crippen LogP contribution in [0.4, 0.5) is 0 Å². The molecule has 0 fully saturated rings. The van der Waals surface area contributed by atoms with Crippen molar-refractivity contribution in [3.05, 3.63) is 43.5 Å². The molecule has 0 N–H and O–H groups in total. The van der Waals surface area contributed by atoms with Crippen molar-refractivity contribution in [2.75, 3.05) is 0 Å². The van der Waals surface area contributed by atoms with Crippen molar-refractivity contribution in [1.29, 1.82) is 0 Å². The summed E-state index contributed by atoms with van der Waals surface area (Å²) in [7, 11) is 0. The minimum atomic E-state index is 0.701. The second-order valence-electron chi connectivity index (χ2n) is 2.96. The molecule has 0 amide bonds. The minimum absolute atomic E-state index is 0.701. The third kappa shape index (κ3) is 2.68. The van der Waals surface area contributed by atoms with Crippen LogP contribution >= 0.6 is 47.8 Å². The Morgan fingerprint density at radius 1 is 1.07 bits per heavy atom. The first-order valence-corrected chi connectivity index (χ1v) is 6.53. The summed E-state index contributed by atoms with van der Waals surface area (Å²) in [6, 6.07) is 8.11. The molecular formula is C9H6Br3N3. The highest BCUT2D eigenvalue weighted by atomic mass is 79.9. The zero-order chi connectivity index (χ0) is 10.8. The number of benzene rings is 1. The zero-order valence-electron chi connectivity index (χ0n) is 7.49. The summed E-state index contributed by atoms with van der Waals surface area (Å²) in [5.41, 5.74) is 1.18. The zero-order valence-corrected chi connectivity index (χ0v) is 12.3. The van der Waals surface area contributed by atoms with Gasteiger partial charge in [0, 0.05) is 4.47 Å². The summed E-state index contributed by atoms with van der Waals surface area (Å²) in [5.74, 6) is 0. The summed E-state index contributed by atoms with van der Waals surface area (Å²) < 4.78 is 4.43. The quantitative estimate of drug-likeness (QED) is 0.777. The molecule has 0 unspecified atom stereocenters. The van der Waals surface area contributed by atoms with Crippen LogP contribution < -0.4 is 0 Å². The van der Waals surface area contributed by atoms with Crippen LogP contribution in [0.3, 0.4) is 0 Å². The van der Waals surface area contributed by atoms with Gasteiger partial charge in [0.25, 0.3) is 0 Å². The molecule has 0 bridgehead atoms. The first kappa shape index (κ1) is 11.3. The van der Waals surface area contributed by atoms with E-state index in [2.05, 4.69) is 58.1 Å². The van der Waals surface area contributed by atoms with E-state index in [1.165, 1.54) is 5.56 Å². The Morgan fingerprint density at radius 2 is 1.73 bits per heavy atom. The Balaban J connectivity index is 2.22. The highest BCUT2D eigenvalue weighted by Crippen LogP contribution is 2.20. The van der Waals surface area contributed by atoms with Crippen LogP contribution in [0.25, 0.3) is 0 Å². The molecule has 2 aromatic rings. The number of nitrogens with zero attached hydrogens (tertiary/aromatic N) is 3. The summed E-state index contributed by atoms with van der Waals surface area (Å²) in [6.07, 6.45) is 0. The van der Waals surface area contributed by atoms with E-state index >= 15 is 0 Å². The standard InChI is InChI=1S/C9H6Br3N3/c10-7-3-1-6(2-4-7)5-15-9(12)8(11)13-14-15/h1-4H,5H2. The van der Waals surface area contributed by atoms with E-state index in [0.717, 1.165) is 13.7 Å². The Bertz CT molecular complexity index is 464. The van der Waals surface area contributed by atoms with Gasteiger partial charge >= 0.3 is 0 Å². The van der Waals surface area contributed by atoms with Gasteiger partial charge in [-0.1, -0.05) is 33.3 Å². The smallest absolute Gasteiger partial charge is 0.162 e. The Kier molecular flexibility index (Phi) is 3.58. The van der Waals surface area contributed by atoms with E-state index < -0.39 is 0 Å². The monoisotopic (exact) mass is 393 g/mol. The topological polar surface area (TPSA) is 30.7 Å². The molecule has 15 heavy (non-hydrogen) atoms. The molecule has 0 saturated heterocycles. The molecule has 1 heterocycles. The van der Waals surface area contributed by atoms with Crippen LogP contribution in [0.1, 0.15) is 5.56 Å². The second kappa shape index (κ2) is 4.76. The fraction of sp³-hybridized carbons (Fsp3) is 0.111. The molecule has 0 aliphatic rings. The van der Waals surface area contributed by atoms with E-state index in [1.807, 2.05) is 24.3 Å². The van der Waals surface area contributed by atoms with Gasteiger partial charge in [-0.15, -0.1) is 5.10 Å². The van der Waals surface area contributed by atoms with Crippen LogP contribution in [-0.2, 0) is 6.54 Å². The fourth-order valence-corrected chi connectivity index (χ4v) is 1.96. The van der Waals surface area contributed by atoms with Crippen molar-refractivity contribution in [3.8, 4) is 0 Å². The number of halogens is 3. The Morgan fingerprint density at radius 3 is 2.27 bits per heavy atom. The van der Waals surface area contributed by atoms with Crippen molar-refractivity contribution < 1.29 is 0 Å². The number of hydrogen-bond donors (Lipinski definition) is 0. The summed E-state index contributed by atoms with van der Waals surface area (Å²) in [4.78, 5) is 0. The summed E-state index contributed by atoms with van der Waals surface area (Å²) in [5, 5.41) is 7.90. The normalized spacial score (nSPS) is 10.6. The highest BCUT2D eigenvalue weighted by Gasteiger charge is 2.06. The first-order valence-electron chi connectivity index (χ1n) is 4.16. The molecule has 0 radical (unpaired) electrons. The van der Waals surface area contributed by atoms with Gasteiger partial charge in [-0.2, -0.15) is 0 Å². The molecule has 78 valence electrons. The van der Waals surface area contributed by atoms with Gasteiger partial charge in [0.1, 0.15) is 4.60 Å². The van der Waals surface area contributed by atoms with Gasteiger partial charge in [0.15, 0.2) is 4.60 Å². The van der Waals surface area contributed by atoms with Crippen molar-refractivity contribution >= 4 is 47.8 Å². The van der Waals surface area contributed by atoms with Crippen LogP contribution in [-0.4, -0.2) is 15.0 Å².